The van der Waals surface area contributed by atoms with Crippen molar-refractivity contribution in [2.45, 2.75) is 0 Å². The Labute approximate surface area is 134 Å². The first-order chi connectivity index (χ1) is 9.92. The van der Waals surface area contributed by atoms with Crippen LogP contribution in [0.1, 0.15) is 0 Å². The fourth-order valence-corrected chi connectivity index (χ4v) is 2.02. The zero-order valence-corrected chi connectivity index (χ0v) is 12.7. The summed E-state index contributed by atoms with van der Waals surface area (Å²) in [5.74, 6) is 0.265. The zero-order valence-electron chi connectivity index (χ0n) is 10.5. The first kappa shape index (κ1) is 15.6. The highest BCUT2D eigenvalue weighted by atomic mass is 35.5. The number of ether oxygens (including phenoxy) is 2. The van der Waals surface area contributed by atoms with E-state index in [4.69, 9.17) is 44.3 Å². The van der Waals surface area contributed by atoms with Crippen LogP contribution >= 0.6 is 34.8 Å². The van der Waals surface area contributed by atoms with E-state index in [1.54, 1.807) is 0 Å². The van der Waals surface area contributed by atoms with Crippen LogP contribution in [0.5, 0.6) is 17.4 Å². The maximum atomic E-state index is 10.9. The lowest BCUT2D eigenvalue weighted by molar-refractivity contribution is -0.385. The van der Waals surface area contributed by atoms with Gasteiger partial charge in [-0.25, -0.2) is 0 Å². The predicted octanol–water partition coefficient (Wildman–Crippen LogP) is 4.75. The molecule has 0 atom stereocenters. The summed E-state index contributed by atoms with van der Waals surface area (Å²) in [6, 6.07) is 5.44. The summed E-state index contributed by atoms with van der Waals surface area (Å²) in [5.41, 5.74) is -0.244. The van der Waals surface area contributed by atoms with E-state index in [0.717, 1.165) is 0 Å². The lowest BCUT2D eigenvalue weighted by Gasteiger charge is -2.08. The molecule has 0 amide bonds. The summed E-state index contributed by atoms with van der Waals surface area (Å²) < 4.78 is 10.3. The number of rotatable bonds is 4. The van der Waals surface area contributed by atoms with Crippen molar-refractivity contribution in [3.8, 4) is 17.4 Å². The van der Waals surface area contributed by atoms with Gasteiger partial charge in [0.2, 0.25) is 5.88 Å². The monoisotopic (exact) mass is 348 g/mol. The molecule has 0 aliphatic carbocycles. The fourth-order valence-electron chi connectivity index (χ4n) is 1.49. The van der Waals surface area contributed by atoms with Crippen molar-refractivity contribution in [2.24, 2.45) is 0 Å². The Morgan fingerprint density at radius 1 is 1.19 bits per heavy atom. The molecule has 1 heterocycles. The third-order valence-electron chi connectivity index (χ3n) is 2.42. The Morgan fingerprint density at radius 2 is 1.90 bits per heavy atom. The number of hydrogen-bond donors (Lipinski definition) is 0. The number of nitrogens with zero attached hydrogens (tertiary/aromatic N) is 2. The van der Waals surface area contributed by atoms with E-state index >= 15 is 0 Å². The average Bonchev–Trinajstić information content (AvgIpc) is 2.44. The van der Waals surface area contributed by atoms with Crippen molar-refractivity contribution in [3.63, 3.8) is 0 Å². The average molecular weight is 350 g/mol. The van der Waals surface area contributed by atoms with Crippen LogP contribution in [0.2, 0.25) is 15.2 Å². The van der Waals surface area contributed by atoms with Crippen molar-refractivity contribution in [3.05, 3.63) is 49.6 Å². The number of halogens is 3. The minimum atomic E-state index is -0.588. The lowest BCUT2D eigenvalue weighted by Crippen LogP contribution is -1.95. The normalized spacial score (nSPS) is 10.3. The highest BCUT2D eigenvalue weighted by Crippen LogP contribution is 2.36. The molecule has 1 aromatic carbocycles. The minimum Gasteiger partial charge on any atom is -0.490 e. The molecule has 0 unspecified atom stereocenters. The molecular weight excluding hydrogens is 343 g/mol. The van der Waals surface area contributed by atoms with Crippen LogP contribution in [0.4, 0.5) is 5.69 Å². The second-order valence-electron chi connectivity index (χ2n) is 3.74. The molecule has 0 aliphatic heterocycles. The van der Waals surface area contributed by atoms with Gasteiger partial charge in [0.1, 0.15) is 10.8 Å². The van der Waals surface area contributed by atoms with Crippen LogP contribution in [0, 0.1) is 10.1 Å². The molecule has 0 fully saturated rings. The van der Waals surface area contributed by atoms with Gasteiger partial charge in [0.15, 0.2) is 10.9 Å². The minimum absolute atomic E-state index is 0.00877. The topological polar surface area (TPSA) is 74.5 Å². The van der Waals surface area contributed by atoms with Gasteiger partial charge >= 0.3 is 5.69 Å². The summed E-state index contributed by atoms with van der Waals surface area (Å²) in [7, 11) is 1.33. The predicted molar refractivity (Wildman–Crippen MR) is 79.0 cm³/mol. The van der Waals surface area contributed by atoms with Crippen LogP contribution in [-0.2, 0) is 0 Å². The number of methoxy groups -OCH3 is 1. The van der Waals surface area contributed by atoms with Crippen molar-refractivity contribution >= 4 is 40.5 Å². The van der Waals surface area contributed by atoms with Crippen molar-refractivity contribution < 1.29 is 14.4 Å². The molecule has 6 nitrogen and oxygen atoms in total. The van der Waals surface area contributed by atoms with Crippen LogP contribution < -0.4 is 9.47 Å². The van der Waals surface area contributed by atoms with Gasteiger partial charge in [-0.2, -0.15) is 4.98 Å². The summed E-state index contributed by atoms with van der Waals surface area (Å²) in [4.78, 5) is 14.2. The van der Waals surface area contributed by atoms with Gasteiger partial charge in [0.05, 0.1) is 23.1 Å². The largest absolute Gasteiger partial charge is 0.490 e. The molecule has 0 saturated heterocycles. The molecule has 0 bridgehead atoms. The SMILES string of the molecule is COc1ccc(Oc2nc(Cl)c(Cl)cc2Cl)cc1[N+](=O)[O-]. The van der Waals surface area contributed by atoms with E-state index in [-0.39, 0.29) is 38.3 Å². The Bertz CT molecular complexity index is 709. The Morgan fingerprint density at radius 3 is 2.52 bits per heavy atom. The Kier molecular flexibility index (Phi) is 4.72. The van der Waals surface area contributed by atoms with Gasteiger partial charge in [-0.05, 0) is 18.2 Å². The van der Waals surface area contributed by atoms with Crippen molar-refractivity contribution in [1.82, 2.24) is 4.98 Å². The van der Waals surface area contributed by atoms with Gasteiger partial charge in [-0.3, -0.25) is 10.1 Å². The van der Waals surface area contributed by atoms with Crippen molar-refractivity contribution in [1.29, 1.82) is 0 Å². The Hall–Kier alpha value is -1.76. The van der Waals surface area contributed by atoms with E-state index in [9.17, 15) is 10.1 Å². The molecule has 2 aromatic rings. The lowest BCUT2D eigenvalue weighted by atomic mass is 10.3. The number of nitro groups is 1. The van der Waals surface area contributed by atoms with Crippen LogP contribution in [0.15, 0.2) is 24.3 Å². The number of nitro benzene ring substituents is 1. The smallest absolute Gasteiger partial charge is 0.314 e. The molecular formula is C12H7Cl3N2O4. The second-order valence-corrected chi connectivity index (χ2v) is 4.91. The molecule has 1 aromatic heterocycles. The van der Waals surface area contributed by atoms with Crippen LogP contribution in [-0.4, -0.2) is 17.0 Å². The standard InChI is InChI=1S/C12H7Cl3N2O4/c1-20-10-3-2-6(4-9(10)17(18)19)21-12-8(14)5-7(13)11(15)16-12/h2-5H,1H3. The first-order valence-corrected chi connectivity index (χ1v) is 6.57. The van der Waals surface area contributed by atoms with Gasteiger partial charge < -0.3 is 9.47 Å². The van der Waals surface area contributed by atoms with Crippen molar-refractivity contribution in [2.75, 3.05) is 7.11 Å². The number of hydrogen-bond acceptors (Lipinski definition) is 5. The highest BCUT2D eigenvalue weighted by Gasteiger charge is 2.17. The molecule has 2 rings (SSSR count). The van der Waals surface area contributed by atoms with E-state index in [0.29, 0.717) is 0 Å². The van der Waals surface area contributed by atoms with E-state index in [1.807, 2.05) is 0 Å². The summed E-state index contributed by atoms with van der Waals surface area (Å²) >= 11 is 17.4. The zero-order chi connectivity index (χ0) is 15.6. The highest BCUT2D eigenvalue weighted by molar-refractivity contribution is 6.42. The van der Waals surface area contributed by atoms with Gasteiger partial charge in [0, 0.05) is 0 Å². The summed E-state index contributed by atoms with van der Waals surface area (Å²) in [6.07, 6.45) is 0. The summed E-state index contributed by atoms with van der Waals surface area (Å²) in [5, 5.41) is 11.3. The molecule has 0 N–H and O–H groups in total. The third-order valence-corrected chi connectivity index (χ3v) is 3.36. The molecule has 0 aliphatic rings. The van der Waals surface area contributed by atoms with Gasteiger partial charge in [-0.15, -0.1) is 0 Å². The maximum Gasteiger partial charge on any atom is 0.314 e. The van der Waals surface area contributed by atoms with E-state index in [2.05, 4.69) is 4.98 Å². The third kappa shape index (κ3) is 3.47. The van der Waals surface area contributed by atoms with E-state index in [1.165, 1.54) is 31.4 Å². The number of aromatic nitrogens is 1. The van der Waals surface area contributed by atoms with Gasteiger partial charge in [0.25, 0.3) is 0 Å². The molecule has 0 spiro atoms. The fraction of sp³-hybridized carbons (Fsp3) is 0.0833. The quantitative estimate of drug-likeness (QED) is 0.452. The molecule has 21 heavy (non-hydrogen) atoms. The first-order valence-electron chi connectivity index (χ1n) is 5.44. The Balaban J connectivity index is 2.38. The van der Waals surface area contributed by atoms with Crippen LogP contribution in [0.3, 0.4) is 0 Å². The van der Waals surface area contributed by atoms with Crippen LogP contribution in [0.25, 0.3) is 0 Å². The molecule has 0 radical (unpaired) electrons. The maximum absolute atomic E-state index is 10.9. The number of pyridine rings is 1. The molecule has 9 heteroatoms. The van der Waals surface area contributed by atoms with E-state index < -0.39 is 4.92 Å². The molecule has 110 valence electrons. The second kappa shape index (κ2) is 6.34. The number of benzene rings is 1. The summed E-state index contributed by atoms with van der Waals surface area (Å²) in [6.45, 7) is 0. The van der Waals surface area contributed by atoms with Gasteiger partial charge in [-0.1, -0.05) is 34.8 Å². The molecule has 0 saturated carbocycles.